The molecule has 0 fully saturated rings. The minimum atomic E-state index is -4.40. The lowest BCUT2D eigenvalue weighted by molar-refractivity contribution is -0.137. The van der Waals surface area contributed by atoms with E-state index in [0.717, 1.165) is 29.2 Å². The predicted octanol–water partition coefficient (Wildman–Crippen LogP) is 5.74. The Morgan fingerprint density at radius 3 is 2.38 bits per heavy atom. The molecule has 2 rings (SSSR count). The van der Waals surface area contributed by atoms with Crippen LogP contribution in [0.15, 0.2) is 28.7 Å². The second-order valence-corrected chi connectivity index (χ2v) is 5.33. The van der Waals surface area contributed by atoms with Crippen molar-refractivity contribution < 1.29 is 17.6 Å². The van der Waals surface area contributed by atoms with Gasteiger partial charge in [0, 0.05) is 5.56 Å². The summed E-state index contributed by atoms with van der Waals surface area (Å²) in [5.74, 6) is 1.49. The second kappa shape index (κ2) is 5.64. The fraction of sp³-hybridized carbons (Fsp3) is 0.333. The van der Waals surface area contributed by atoms with E-state index in [2.05, 4.69) is 5.32 Å². The Kier molecular flexibility index (Phi) is 4.23. The van der Waals surface area contributed by atoms with E-state index in [9.17, 15) is 13.2 Å². The van der Waals surface area contributed by atoms with Crippen molar-refractivity contribution in [3.05, 3.63) is 51.9 Å². The number of furan rings is 1. The fourth-order valence-corrected chi connectivity index (χ4v) is 2.38. The molecule has 0 saturated heterocycles. The van der Waals surface area contributed by atoms with Gasteiger partial charge in [-0.1, -0.05) is 11.6 Å². The third-order valence-corrected chi connectivity index (χ3v) is 3.54. The zero-order valence-electron chi connectivity index (χ0n) is 11.8. The molecule has 1 unspecified atom stereocenters. The number of benzene rings is 1. The van der Waals surface area contributed by atoms with Crippen molar-refractivity contribution in [2.45, 2.75) is 33.0 Å². The van der Waals surface area contributed by atoms with Gasteiger partial charge in [0.15, 0.2) is 0 Å². The highest BCUT2D eigenvalue weighted by Crippen LogP contribution is 2.35. The van der Waals surface area contributed by atoms with E-state index in [4.69, 9.17) is 16.0 Å². The maximum Gasteiger partial charge on any atom is 0.416 e. The van der Waals surface area contributed by atoms with Crippen LogP contribution in [0.4, 0.5) is 18.9 Å². The van der Waals surface area contributed by atoms with Gasteiger partial charge in [0.25, 0.3) is 0 Å². The first-order chi connectivity index (χ1) is 9.68. The number of alkyl halides is 3. The van der Waals surface area contributed by atoms with Crippen LogP contribution in [0.3, 0.4) is 0 Å². The Bertz CT molecular complexity index is 649. The minimum Gasteiger partial charge on any atom is -0.466 e. The van der Waals surface area contributed by atoms with Crippen molar-refractivity contribution in [3.8, 4) is 0 Å². The molecule has 114 valence electrons. The van der Waals surface area contributed by atoms with Crippen LogP contribution in [-0.2, 0) is 6.18 Å². The molecule has 0 amide bonds. The number of hydrogen-bond donors (Lipinski definition) is 1. The van der Waals surface area contributed by atoms with Gasteiger partial charge in [-0.3, -0.25) is 0 Å². The first kappa shape index (κ1) is 15.8. The van der Waals surface area contributed by atoms with E-state index >= 15 is 0 Å². The average molecular weight is 318 g/mol. The summed E-state index contributed by atoms with van der Waals surface area (Å²) in [5, 5.41) is 3.24. The molecule has 0 bridgehead atoms. The normalized spacial score (nSPS) is 13.3. The van der Waals surface area contributed by atoms with Crippen LogP contribution in [-0.4, -0.2) is 0 Å². The van der Waals surface area contributed by atoms with Crippen molar-refractivity contribution in [3.63, 3.8) is 0 Å². The summed E-state index contributed by atoms with van der Waals surface area (Å²) in [4.78, 5) is 0. The standard InChI is InChI=1S/C15H15ClF3NO/c1-8-6-12(10(3)21-8)9(2)20-14-7-11(15(17,18)19)4-5-13(14)16/h4-7,9,20H,1-3H3. The van der Waals surface area contributed by atoms with Crippen molar-refractivity contribution >= 4 is 17.3 Å². The van der Waals surface area contributed by atoms with Gasteiger partial charge in [0.1, 0.15) is 11.5 Å². The number of aryl methyl sites for hydroxylation is 2. The molecule has 6 heteroatoms. The van der Waals surface area contributed by atoms with Crippen LogP contribution in [0.2, 0.25) is 5.02 Å². The van der Waals surface area contributed by atoms with Gasteiger partial charge in [0.2, 0.25) is 0 Å². The summed E-state index contributed by atoms with van der Waals surface area (Å²) in [6.45, 7) is 5.47. The highest BCUT2D eigenvalue weighted by molar-refractivity contribution is 6.33. The van der Waals surface area contributed by atoms with Gasteiger partial charge in [-0.2, -0.15) is 13.2 Å². The lowest BCUT2D eigenvalue weighted by atomic mass is 10.1. The maximum absolute atomic E-state index is 12.7. The summed E-state index contributed by atoms with van der Waals surface area (Å²) < 4.78 is 43.7. The average Bonchev–Trinajstić information content (AvgIpc) is 2.70. The Labute approximate surface area is 125 Å². The minimum absolute atomic E-state index is 0.219. The third kappa shape index (κ3) is 3.53. The molecule has 0 spiro atoms. The molecule has 1 atom stereocenters. The van der Waals surface area contributed by atoms with Crippen LogP contribution < -0.4 is 5.32 Å². The van der Waals surface area contributed by atoms with E-state index in [1.54, 1.807) is 0 Å². The molecule has 0 saturated carbocycles. The van der Waals surface area contributed by atoms with Gasteiger partial charge in [-0.25, -0.2) is 0 Å². The van der Waals surface area contributed by atoms with E-state index < -0.39 is 11.7 Å². The molecule has 1 aromatic heterocycles. The van der Waals surface area contributed by atoms with Gasteiger partial charge < -0.3 is 9.73 Å². The van der Waals surface area contributed by atoms with Crippen molar-refractivity contribution in [1.29, 1.82) is 0 Å². The quantitative estimate of drug-likeness (QED) is 0.780. The predicted molar refractivity (Wildman–Crippen MR) is 76.7 cm³/mol. The SMILES string of the molecule is Cc1cc(C(C)Nc2cc(C(F)(F)F)ccc2Cl)c(C)o1. The second-order valence-electron chi connectivity index (χ2n) is 4.93. The molecular formula is C15H15ClF3NO. The first-order valence-corrected chi connectivity index (χ1v) is 6.76. The highest BCUT2D eigenvalue weighted by Gasteiger charge is 2.31. The summed E-state index contributed by atoms with van der Waals surface area (Å²) in [6.07, 6.45) is -4.40. The summed E-state index contributed by atoms with van der Waals surface area (Å²) >= 11 is 5.97. The number of rotatable bonds is 3. The van der Waals surface area contributed by atoms with Crippen molar-refractivity contribution in [2.75, 3.05) is 5.32 Å². The molecule has 1 aromatic carbocycles. The van der Waals surface area contributed by atoms with Crippen LogP contribution in [0.25, 0.3) is 0 Å². The molecule has 1 N–H and O–H groups in total. The van der Waals surface area contributed by atoms with Crippen LogP contribution in [0.1, 0.15) is 35.6 Å². The third-order valence-electron chi connectivity index (χ3n) is 3.21. The van der Waals surface area contributed by atoms with E-state index in [1.807, 2.05) is 26.8 Å². The molecule has 0 aliphatic rings. The van der Waals surface area contributed by atoms with Gasteiger partial charge in [-0.15, -0.1) is 0 Å². The van der Waals surface area contributed by atoms with E-state index in [-0.39, 0.29) is 16.8 Å². The highest BCUT2D eigenvalue weighted by atomic mass is 35.5. The molecule has 1 heterocycles. The zero-order valence-corrected chi connectivity index (χ0v) is 12.6. The summed E-state index contributed by atoms with van der Waals surface area (Å²) in [6, 6.07) is 4.86. The van der Waals surface area contributed by atoms with Gasteiger partial charge >= 0.3 is 6.18 Å². The number of anilines is 1. The van der Waals surface area contributed by atoms with Crippen molar-refractivity contribution in [2.24, 2.45) is 0 Å². The molecule has 2 aromatic rings. The zero-order chi connectivity index (χ0) is 15.8. The lowest BCUT2D eigenvalue weighted by Gasteiger charge is -2.17. The van der Waals surface area contributed by atoms with Crippen LogP contribution in [0.5, 0.6) is 0 Å². The molecular weight excluding hydrogens is 303 g/mol. The number of hydrogen-bond acceptors (Lipinski definition) is 2. The van der Waals surface area contributed by atoms with Gasteiger partial charge in [0.05, 0.1) is 22.3 Å². The fourth-order valence-electron chi connectivity index (χ4n) is 2.20. The Hall–Kier alpha value is -1.62. The van der Waals surface area contributed by atoms with E-state index in [0.29, 0.717) is 0 Å². The smallest absolute Gasteiger partial charge is 0.416 e. The first-order valence-electron chi connectivity index (χ1n) is 6.38. The molecule has 21 heavy (non-hydrogen) atoms. The maximum atomic E-state index is 12.7. The summed E-state index contributed by atoms with van der Waals surface area (Å²) in [7, 11) is 0. The molecule has 0 aliphatic heterocycles. The number of nitrogens with one attached hydrogen (secondary N) is 1. The monoisotopic (exact) mass is 317 g/mol. The van der Waals surface area contributed by atoms with Crippen LogP contribution in [0, 0.1) is 13.8 Å². The molecule has 2 nitrogen and oxygen atoms in total. The summed E-state index contributed by atoms with van der Waals surface area (Å²) in [5.41, 5.74) is 0.403. The Morgan fingerprint density at radius 2 is 1.86 bits per heavy atom. The van der Waals surface area contributed by atoms with Gasteiger partial charge in [-0.05, 0) is 45.0 Å². The topological polar surface area (TPSA) is 25.2 Å². The van der Waals surface area contributed by atoms with Crippen molar-refractivity contribution in [1.82, 2.24) is 0 Å². The largest absolute Gasteiger partial charge is 0.466 e. The lowest BCUT2D eigenvalue weighted by Crippen LogP contribution is -2.10. The number of halogens is 4. The van der Waals surface area contributed by atoms with Crippen LogP contribution >= 0.6 is 11.6 Å². The molecule has 0 radical (unpaired) electrons. The van der Waals surface area contributed by atoms with E-state index in [1.165, 1.54) is 6.07 Å². The Morgan fingerprint density at radius 1 is 1.19 bits per heavy atom. The Balaban J connectivity index is 2.28. The molecule has 0 aliphatic carbocycles.